The molecule has 0 amide bonds. The average Bonchev–Trinajstić information content (AvgIpc) is 2.73. The highest BCUT2D eigenvalue weighted by atomic mass is 19.4. The summed E-state index contributed by atoms with van der Waals surface area (Å²) in [6, 6.07) is 11.7. The number of hydrogen-bond acceptors (Lipinski definition) is 2. The molecule has 2 unspecified atom stereocenters. The van der Waals surface area contributed by atoms with Crippen molar-refractivity contribution >= 4 is 0 Å². The molecule has 8 heteroatoms. The second-order valence-electron chi connectivity index (χ2n) is 8.77. The Morgan fingerprint density at radius 1 is 0.938 bits per heavy atom. The molecule has 1 saturated carbocycles. The highest BCUT2D eigenvalue weighted by molar-refractivity contribution is 5.33. The molecule has 1 aliphatic carbocycles. The predicted octanol–water partition coefficient (Wildman–Crippen LogP) is 6.68. The minimum Gasteiger partial charge on any atom is -0.376 e. The lowest BCUT2D eigenvalue weighted by Crippen LogP contribution is -2.44. The van der Waals surface area contributed by atoms with Crippen LogP contribution in [-0.2, 0) is 29.1 Å². The van der Waals surface area contributed by atoms with Gasteiger partial charge in [0.25, 0.3) is 0 Å². The molecule has 32 heavy (non-hydrogen) atoms. The van der Waals surface area contributed by atoms with Crippen molar-refractivity contribution in [2.24, 2.45) is 0 Å². The smallest absolute Gasteiger partial charge is 0.376 e. The largest absolute Gasteiger partial charge is 0.416 e. The van der Waals surface area contributed by atoms with Gasteiger partial charge in [0.05, 0.1) is 24.3 Å². The van der Waals surface area contributed by atoms with E-state index >= 15 is 0 Å². The lowest BCUT2D eigenvalue weighted by atomic mass is 9.68. The molecule has 0 aliphatic heterocycles. The number of alkyl halides is 6. The average molecular weight is 459 g/mol. The number of halogens is 6. The number of ether oxygens (including phenoxy) is 1. The van der Waals surface area contributed by atoms with Crippen molar-refractivity contribution in [3.05, 3.63) is 70.8 Å². The van der Waals surface area contributed by atoms with Crippen LogP contribution in [0, 0.1) is 0 Å². The minimum atomic E-state index is -4.87. The Morgan fingerprint density at radius 2 is 1.53 bits per heavy atom. The lowest BCUT2D eigenvalue weighted by molar-refractivity contribution is -0.143. The van der Waals surface area contributed by atoms with Crippen LogP contribution in [0.1, 0.15) is 47.9 Å². The molecular weight excluding hydrogens is 432 g/mol. The molecule has 2 atom stereocenters. The molecule has 0 saturated heterocycles. The number of hydrogen-bond donors (Lipinski definition) is 0. The van der Waals surface area contributed by atoms with E-state index in [-0.39, 0.29) is 30.3 Å². The summed E-state index contributed by atoms with van der Waals surface area (Å²) in [7, 11) is 4.02. The SMILES string of the molecule is CN(C)C1CCCC(COCc2cc(C(F)(F)F)cc(C(F)(F)F)c2)(c2ccccc2)C1. The van der Waals surface area contributed by atoms with Crippen LogP contribution in [0.2, 0.25) is 0 Å². The van der Waals surface area contributed by atoms with E-state index in [1.165, 1.54) is 0 Å². The third-order valence-electron chi connectivity index (χ3n) is 6.23. The molecule has 0 aromatic heterocycles. The van der Waals surface area contributed by atoms with Crippen molar-refractivity contribution in [3.63, 3.8) is 0 Å². The monoisotopic (exact) mass is 459 g/mol. The third-order valence-corrected chi connectivity index (χ3v) is 6.23. The Morgan fingerprint density at radius 3 is 2.06 bits per heavy atom. The van der Waals surface area contributed by atoms with Crippen LogP contribution >= 0.6 is 0 Å². The first-order chi connectivity index (χ1) is 14.9. The number of benzene rings is 2. The van der Waals surface area contributed by atoms with E-state index in [1.54, 1.807) is 0 Å². The third kappa shape index (κ3) is 5.84. The molecule has 1 fully saturated rings. The molecule has 0 bridgehead atoms. The first kappa shape index (κ1) is 24.6. The quantitative estimate of drug-likeness (QED) is 0.447. The molecule has 0 radical (unpaired) electrons. The zero-order chi connectivity index (χ0) is 23.6. The Balaban J connectivity index is 1.83. The normalized spacial score (nSPS) is 22.3. The standard InChI is InChI=1S/C24H27F6NO/c1-31(2)21-9-6-10-22(14-21,18-7-4-3-5-8-18)16-32-15-17-11-19(23(25,26)27)13-20(12-17)24(28,29)30/h3-5,7-8,11-13,21H,6,9-10,14-16H2,1-2H3. The maximum Gasteiger partial charge on any atom is 0.416 e. The van der Waals surface area contributed by atoms with Gasteiger partial charge in [0.2, 0.25) is 0 Å². The van der Waals surface area contributed by atoms with Gasteiger partial charge in [-0.25, -0.2) is 0 Å². The number of nitrogens with zero attached hydrogens (tertiary/aromatic N) is 1. The van der Waals surface area contributed by atoms with Gasteiger partial charge in [-0.3, -0.25) is 0 Å². The van der Waals surface area contributed by atoms with Crippen molar-refractivity contribution in [1.82, 2.24) is 4.90 Å². The summed E-state index contributed by atoms with van der Waals surface area (Å²) in [6.07, 6.45) is -6.10. The summed E-state index contributed by atoms with van der Waals surface area (Å²) in [5.41, 5.74) is -2.06. The maximum absolute atomic E-state index is 13.1. The van der Waals surface area contributed by atoms with Gasteiger partial charge in [0.15, 0.2) is 0 Å². The Bertz CT molecular complexity index is 861. The van der Waals surface area contributed by atoms with Crippen LogP contribution < -0.4 is 0 Å². The molecule has 2 aromatic carbocycles. The zero-order valence-corrected chi connectivity index (χ0v) is 18.1. The van der Waals surface area contributed by atoms with Gasteiger partial charge >= 0.3 is 12.4 Å². The van der Waals surface area contributed by atoms with E-state index in [0.29, 0.717) is 6.04 Å². The highest BCUT2D eigenvalue weighted by Gasteiger charge is 2.39. The summed E-state index contributed by atoms with van der Waals surface area (Å²) in [4.78, 5) is 2.15. The Labute approximate surface area is 184 Å². The van der Waals surface area contributed by atoms with E-state index in [9.17, 15) is 26.3 Å². The van der Waals surface area contributed by atoms with Gasteiger partial charge in [-0.05, 0) is 62.7 Å². The summed E-state index contributed by atoms with van der Waals surface area (Å²) in [5, 5.41) is 0. The van der Waals surface area contributed by atoms with Gasteiger partial charge in [-0.15, -0.1) is 0 Å². The Hall–Kier alpha value is -2.06. The molecule has 0 heterocycles. The van der Waals surface area contributed by atoms with Crippen LogP contribution in [0.5, 0.6) is 0 Å². The topological polar surface area (TPSA) is 12.5 Å². The lowest BCUT2D eigenvalue weighted by Gasteiger charge is -2.43. The van der Waals surface area contributed by atoms with Crippen LogP contribution in [-0.4, -0.2) is 31.6 Å². The fraction of sp³-hybridized carbons (Fsp3) is 0.500. The van der Waals surface area contributed by atoms with Crippen molar-refractivity contribution < 1.29 is 31.1 Å². The van der Waals surface area contributed by atoms with Crippen LogP contribution in [0.25, 0.3) is 0 Å². The molecule has 0 N–H and O–H groups in total. The summed E-state index contributed by atoms with van der Waals surface area (Å²) in [5.74, 6) is 0. The molecular formula is C24H27F6NO. The fourth-order valence-corrected chi connectivity index (χ4v) is 4.51. The maximum atomic E-state index is 13.1. The van der Waals surface area contributed by atoms with Crippen molar-refractivity contribution in [3.8, 4) is 0 Å². The van der Waals surface area contributed by atoms with Gasteiger partial charge in [-0.2, -0.15) is 26.3 Å². The van der Waals surface area contributed by atoms with Crippen LogP contribution in [0.4, 0.5) is 26.3 Å². The highest BCUT2D eigenvalue weighted by Crippen LogP contribution is 2.41. The number of rotatable bonds is 6. The molecule has 1 aliphatic rings. The molecule has 2 aromatic rings. The summed E-state index contributed by atoms with van der Waals surface area (Å²) >= 11 is 0. The van der Waals surface area contributed by atoms with Crippen LogP contribution in [0.15, 0.2) is 48.5 Å². The molecule has 3 rings (SSSR count). The van der Waals surface area contributed by atoms with Crippen molar-refractivity contribution in [2.45, 2.75) is 56.1 Å². The summed E-state index contributed by atoms with van der Waals surface area (Å²) in [6.45, 7) is -0.104. The van der Waals surface area contributed by atoms with Gasteiger partial charge in [0.1, 0.15) is 0 Å². The van der Waals surface area contributed by atoms with E-state index in [4.69, 9.17) is 4.74 Å². The van der Waals surface area contributed by atoms with Gasteiger partial charge in [0, 0.05) is 11.5 Å². The van der Waals surface area contributed by atoms with Crippen LogP contribution in [0.3, 0.4) is 0 Å². The van der Waals surface area contributed by atoms with Crippen molar-refractivity contribution in [1.29, 1.82) is 0 Å². The molecule has 176 valence electrons. The van der Waals surface area contributed by atoms with Gasteiger partial charge in [-0.1, -0.05) is 36.8 Å². The van der Waals surface area contributed by atoms with E-state index in [2.05, 4.69) is 4.90 Å². The van der Waals surface area contributed by atoms with E-state index in [0.717, 1.165) is 43.4 Å². The van der Waals surface area contributed by atoms with E-state index < -0.39 is 23.5 Å². The van der Waals surface area contributed by atoms with Crippen molar-refractivity contribution in [2.75, 3.05) is 20.7 Å². The minimum absolute atomic E-state index is 0.137. The molecule has 0 spiro atoms. The second-order valence-corrected chi connectivity index (χ2v) is 8.77. The van der Waals surface area contributed by atoms with E-state index in [1.807, 2.05) is 44.4 Å². The van der Waals surface area contributed by atoms with Gasteiger partial charge < -0.3 is 9.64 Å². The molecule has 2 nitrogen and oxygen atoms in total. The zero-order valence-electron chi connectivity index (χ0n) is 18.1. The Kier molecular flexibility index (Phi) is 7.25. The first-order valence-corrected chi connectivity index (χ1v) is 10.5. The predicted molar refractivity (Wildman–Crippen MR) is 110 cm³/mol. The first-order valence-electron chi connectivity index (χ1n) is 10.5. The summed E-state index contributed by atoms with van der Waals surface area (Å²) < 4.78 is 84.7. The fourth-order valence-electron chi connectivity index (χ4n) is 4.51. The second kappa shape index (κ2) is 9.43.